The molecule has 0 fully saturated rings. The number of rotatable bonds is 6. The highest BCUT2D eigenvalue weighted by molar-refractivity contribution is 7.89. The molecule has 0 spiro atoms. The summed E-state index contributed by atoms with van der Waals surface area (Å²) in [5, 5.41) is 7.12. The Hall–Kier alpha value is -1.60. The van der Waals surface area contributed by atoms with Crippen molar-refractivity contribution in [2.75, 3.05) is 7.11 Å². The molecule has 0 radical (unpaired) electrons. The summed E-state index contributed by atoms with van der Waals surface area (Å²) in [6, 6.07) is 5.65. The molecule has 0 bridgehead atoms. The van der Waals surface area contributed by atoms with E-state index < -0.39 is 16.1 Å². The van der Waals surface area contributed by atoms with E-state index in [0.717, 1.165) is 0 Å². The third-order valence-electron chi connectivity index (χ3n) is 2.25. The van der Waals surface area contributed by atoms with Crippen LogP contribution in [0.15, 0.2) is 29.2 Å². The van der Waals surface area contributed by atoms with E-state index in [1.54, 1.807) is 19.1 Å². The molecule has 0 saturated carbocycles. The summed E-state index contributed by atoms with van der Waals surface area (Å²) in [6.07, 6.45) is 0.176. The van der Waals surface area contributed by atoms with Gasteiger partial charge in [0.1, 0.15) is 5.75 Å². The molecule has 1 aromatic rings. The molecular weight excluding hydrogens is 254 g/mol. The number of methoxy groups -OCH3 is 1. The van der Waals surface area contributed by atoms with E-state index in [1.165, 1.54) is 19.2 Å². The number of amidine groups is 1. The Labute approximate surface area is 107 Å². The summed E-state index contributed by atoms with van der Waals surface area (Å²) in [5.74, 6) is 0.533. The number of hydrogen-bond donors (Lipinski definition) is 3. The molecule has 4 N–H and O–H groups in total. The lowest BCUT2D eigenvalue weighted by atomic mass is 10.2. The predicted octanol–water partition coefficient (Wildman–Crippen LogP) is 0.688. The average molecular weight is 271 g/mol. The highest BCUT2D eigenvalue weighted by Crippen LogP contribution is 2.15. The van der Waals surface area contributed by atoms with Crippen molar-refractivity contribution in [3.05, 3.63) is 24.3 Å². The van der Waals surface area contributed by atoms with E-state index in [2.05, 4.69) is 4.72 Å². The van der Waals surface area contributed by atoms with Crippen molar-refractivity contribution in [3.63, 3.8) is 0 Å². The minimum Gasteiger partial charge on any atom is -0.497 e. The number of nitrogens with two attached hydrogens (primary N) is 1. The van der Waals surface area contributed by atoms with Gasteiger partial charge in [0.25, 0.3) is 0 Å². The molecule has 7 heteroatoms. The van der Waals surface area contributed by atoms with Gasteiger partial charge in [-0.3, -0.25) is 5.41 Å². The maximum absolute atomic E-state index is 12.0. The second kappa shape index (κ2) is 5.83. The molecule has 1 aromatic carbocycles. The Balaban J connectivity index is 2.82. The Morgan fingerprint density at radius 2 is 2.00 bits per heavy atom. The molecule has 6 nitrogen and oxygen atoms in total. The average Bonchev–Trinajstić information content (AvgIpc) is 2.27. The zero-order valence-corrected chi connectivity index (χ0v) is 11.1. The molecular formula is C11H17N3O3S. The molecule has 0 aliphatic carbocycles. The number of nitrogens with one attached hydrogen (secondary N) is 2. The van der Waals surface area contributed by atoms with Gasteiger partial charge in [0, 0.05) is 12.5 Å². The van der Waals surface area contributed by atoms with E-state index in [-0.39, 0.29) is 17.2 Å². The third kappa shape index (κ3) is 4.01. The standard InChI is InChI=1S/C11H17N3O3S/c1-8(7-11(12)13)14-18(15,16)10-5-3-9(17-2)4-6-10/h3-6,8,14H,7H2,1-2H3,(H3,12,13). The molecule has 0 heterocycles. The van der Waals surface area contributed by atoms with Crippen LogP contribution in [-0.4, -0.2) is 27.4 Å². The molecule has 0 saturated heterocycles. The summed E-state index contributed by atoms with van der Waals surface area (Å²) in [7, 11) is -2.08. The summed E-state index contributed by atoms with van der Waals surface area (Å²) < 4.78 is 31.3. The fourth-order valence-corrected chi connectivity index (χ4v) is 2.70. The number of hydrogen-bond acceptors (Lipinski definition) is 4. The van der Waals surface area contributed by atoms with E-state index in [4.69, 9.17) is 15.9 Å². The zero-order chi connectivity index (χ0) is 13.8. The molecule has 1 atom stereocenters. The first-order valence-corrected chi connectivity index (χ1v) is 6.82. The lowest BCUT2D eigenvalue weighted by Gasteiger charge is -2.13. The predicted molar refractivity (Wildman–Crippen MR) is 69.3 cm³/mol. The Morgan fingerprint density at radius 3 is 2.44 bits per heavy atom. The van der Waals surface area contributed by atoms with Crippen LogP contribution in [0.25, 0.3) is 0 Å². The van der Waals surface area contributed by atoms with Crippen molar-refractivity contribution in [3.8, 4) is 5.75 Å². The van der Waals surface area contributed by atoms with Gasteiger partial charge in [-0.15, -0.1) is 0 Å². The first kappa shape index (κ1) is 14.5. The topological polar surface area (TPSA) is 105 Å². The van der Waals surface area contributed by atoms with Crippen molar-refractivity contribution in [1.82, 2.24) is 4.72 Å². The van der Waals surface area contributed by atoms with Crippen molar-refractivity contribution >= 4 is 15.9 Å². The molecule has 1 rings (SSSR count). The Bertz CT molecular complexity index is 511. The molecule has 100 valence electrons. The van der Waals surface area contributed by atoms with Gasteiger partial charge < -0.3 is 10.5 Å². The maximum atomic E-state index is 12.0. The van der Waals surface area contributed by atoms with Crippen LogP contribution in [0, 0.1) is 5.41 Å². The van der Waals surface area contributed by atoms with Gasteiger partial charge >= 0.3 is 0 Å². The van der Waals surface area contributed by atoms with E-state index in [0.29, 0.717) is 5.75 Å². The van der Waals surface area contributed by atoms with Crippen LogP contribution in [0.5, 0.6) is 5.75 Å². The first-order chi connectivity index (χ1) is 8.35. The number of benzene rings is 1. The highest BCUT2D eigenvalue weighted by Gasteiger charge is 2.17. The molecule has 0 amide bonds. The van der Waals surface area contributed by atoms with Crippen LogP contribution in [0.4, 0.5) is 0 Å². The second-order valence-electron chi connectivity index (χ2n) is 3.93. The van der Waals surface area contributed by atoms with Crippen LogP contribution >= 0.6 is 0 Å². The summed E-state index contributed by atoms with van der Waals surface area (Å²) in [4.78, 5) is 0.152. The minimum atomic E-state index is -3.59. The molecule has 1 unspecified atom stereocenters. The summed E-state index contributed by atoms with van der Waals surface area (Å²) in [5.41, 5.74) is 5.22. The van der Waals surface area contributed by atoms with Gasteiger partial charge in [-0.25, -0.2) is 13.1 Å². The van der Waals surface area contributed by atoms with E-state index >= 15 is 0 Å². The largest absolute Gasteiger partial charge is 0.497 e. The Morgan fingerprint density at radius 1 is 1.44 bits per heavy atom. The first-order valence-electron chi connectivity index (χ1n) is 5.34. The molecule has 0 aliphatic heterocycles. The fraction of sp³-hybridized carbons (Fsp3) is 0.364. The van der Waals surface area contributed by atoms with Crippen LogP contribution in [0.3, 0.4) is 0 Å². The van der Waals surface area contributed by atoms with Crippen LogP contribution in [0.1, 0.15) is 13.3 Å². The van der Waals surface area contributed by atoms with Gasteiger partial charge in [0.15, 0.2) is 0 Å². The van der Waals surface area contributed by atoms with Crippen LogP contribution < -0.4 is 15.2 Å². The van der Waals surface area contributed by atoms with Crippen molar-refractivity contribution in [1.29, 1.82) is 5.41 Å². The van der Waals surface area contributed by atoms with Crippen molar-refractivity contribution in [2.45, 2.75) is 24.3 Å². The highest BCUT2D eigenvalue weighted by atomic mass is 32.2. The normalized spacial score (nSPS) is 13.0. The molecule has 18 heavy (non-hydrogen) atoms. The van der Waals surface area contributed by atoms with Crippen molar-refractivity contribution < 1.29 is 13.2 Å². The van der Waals surface area contributed by atoms with E-state index in [9.17, 15) is 8.42 Å². The van der Waals surface area contributed by atoms with Crippen LogP contribution in [-0.2, 0) is 10.0 Å². The van der Waals surface area contributed by atoms with Crippen LogP contribution in [0.2, 0.25) is 0 Å². The SMILES string of the molecule is COc1ccc(S(=O)(=O)NC(C)CC(=N)N)cc1. The molecule has 0 aromatic heterocycles. The lowest BCUT2D eigenvalue weighted by Crippen LogP contribution is -2.35. The van der Waals surface area contributed by atoms with Gasteiger partial charge in [0.2, 0.25) is 10.0 Å². The molecule has 0 aliphatic rings. The van der Waals surface area contributed by atoms with Gasteiger partial charge in [-0.1, -0.05) is 0 Å². The smallest absolute Gasteiger partial charge is 0.240 e. The third-order valence-corrected chi connectivity index (χ3v) is 3.86. The Kier molecular flexibility index (Phi) is 4.69. The number of sulfonamides is 1. The van der Waals surface area contributed by atoms with Crippen molar-refractivity contribution in [2.24, 2.45) is 5.73 Å². The van der Waals surface area contributed by atoms with Gasteiger partial charge in [0.05, 0.1) is 17.8 Å². The zero-order valence-electron chi connectivity index (χ0n) is 10.3. The number of ether oxygens (including phenoxy) is 1. The lowest BCUT2D eigenvalue weighted by molar-refractivity contribution is 0.414. The quantitative estimate of drug-likeness (QED) is 0.523. The van der Waals surface area contributed by atoms with Gasteiger partial charge in [-0.05, 0) is 31.2 Å². The van der Waals surface area contributed by atoms with E-state index in [1.807, 2.05) is 0 Å². The fourth-order valence-electron chi connectivity index (χ4n) is 1.46. The monoisotopic (exact) mass is 271 g/mol. The maximum Gasteiger partial charge on any atom is 0.240 e. The summed E-state index contributed by atoms with van der Waals surface area (Å²) >= 11 is 0. The van der Waals surface area contributed by atoms with Gasteiger partial charge in [-0.2, -0.15) is 0 Å². The second-order valence-corrected chi connectivity index (χ2v) is 5.64. The minimum absolute atomic E-state index is 0.0556. The summed E-state index contributed by atoms with van der Waals surface area (Å²) in [6.45, 7) is 1.66.